The third-order valence-corrected chi connectivity index (χ3v) is 2.69. The zero-order chi connectivity index (χ0) is 14.4. The monoisotopic (exact) mass is 267 g/mol. The lowest BCUT2D eigenvalue weighted by atomic mass is 10.1. The molecule has 0 spiro atoms. The summed E-state index contributed by atoms with van der Waals surface area (Å²) >= 11 is 0. The molecule has 0 aliphatic carbocycles. The van der Waals surface area contributed by atoms with Crippen LogP contribution in [0.3, 0.4) is 0 Å². The van der Waals surface area contributed by atoms with E-state index in [-0.39, 0.29) is 30.0 Å². The van der Waals surface area contributed by atoms with Gasteiger partial charge in [0.15, 0.2) is 0 Å². The molecule has 1 rings (SSSR count). The summed E-state index contributed by atoms with van der Waals surface area (Å²) < 4.78 is 4.51. The lowest BCUT2D eigenvalue weighted by molar-refractivity contribution is -0.140. The van der Waals surface area contributed by atoms with Crippen LogP contribution in [0.5, 0.6) is 11.5 Å². The van der Waals surface area contributed by atoms with E-state index in [0.29, 0.717) is 6.54 Å². The Morgan fingerprint density at radius 3 is 2.58 bits per heavy atom. The maximum absolute atomic E-state index is 12.2. The number of methoxy groups -OCH3 is 1. The van der Waals surface area contributed by atoms with Crippen molar-refractivity contribution in [3.8, 4) is 11.5 Å². The van der Waals surface area contributed by atoms with Crippen LogP contribution in [-0.2, 0) is 9.53 Å². The van der Waals surface area contributed by atoms with Gasteiger partial charge in [0.1, 0.15) is 11.5 Å². The summed E-state index contributed by atoms with van der Waals surface area (Å²) in [4.78, 5) is 24.6. The van der Waals surface area contributed by atoms with E-state index in [1.165, 1.54) is 30.2 Å². The average molecular weight is 267 g/mol. The first-order valence-corrected chi connectivity index (χ1v) is 5.87. The zero-order valence-corrected chi connectivity index (χ0v) is 10.9. The second kappa shape index (κ2) is 6.63. The Morgan fingerprint density at radius 1 is 1.32 bits per heavy atom. The second-order valence-corrected chi connectivity index (χ2v) is 3.91. The number of hydrogen-bond donors (Lipinski definition) is 2. The summed E-state index contributed by atoms with van der Waals surface area (Å²) in [6, 6.07) is 3.73. The number of rotatable bonds is 5. The van der Waals surface area contributed by atoms with Gasteiger partial charge >= 0.3 is 5.97 Å². The molecule has 0 bridgehead atoms. The summed E-state index contributed by atoms with van der Waals surface area (Å²) in [5.41, 5.74) is 0.00622. The van der Waals surface area contributed by atoms with Gasteiger partial charge in [0.2, 0.25) is 0 Å². The fraction of sp³-hybridized carbons (Fsp3) is 0.385. The molecular formula is C13H17NO5. The highest BCUT2D eigenvalue weighted by Gasteiger charge is 2.19. The Labute approximate surface area is 111 Å². The van der Waals surface area contributed by atoms with Crippen LogP contribution in [0, 0.1) is 0 Å². The molecule has 19 heavy (non-hydrogen) atoms. The zero-order valence-electron chi connectivity index (χ0n) is 10.9. The van der Waals surface area contributed by atoms with Crippen LogP contribution < -0.4 is 0 Å². The molecule has 0 aliphatic heterocycles. The predicted molar refractivity (Wildman–Crippen MR) is 68.0 cm³/mol. The standard InChI is InChI=1S/C13H17NO5/c1-3-14(7-6-12(17)19-2)13(18)10-8-9(15)4-5-11(10)16/h4-5,8,15-16H,3,6-7H2,1-2H3. The van der Waals surface area contributed by atoms with Gasteiger partial charge in [-0.3, -0.25) is 9.59 Å². The van der Waals surface area contributed by atoms with E-state index in [1.54, 1.807) is 6.92 Å². The van der Waals surface area contributed by atoms with Crippen LogP contribution in [0.25, 0.3) is 0 Å². The number of nitrogens with zero attached hydrogens (tertiary/aromatic N) is 1. The van der Waals surface area contributed by atoms with E-state index < -0.39 is 11.9 Å². The number of amides is 1. The smallest absolute Gasteiger partial charge is 0.307 e. The maximum Gasteiger partial charge on any atom is 0.307 e. The Morgan fingerprint density at radius 2 is 2.00 bits per heavy atom. The van der Waals surface area contributed by atoms with Gasteiger partial charge in [-0.1, -0.05) is 0 Å². The van der Waals surface area contributed by atoms with Gasteiger partial charge in [-0.05, 0) is 25.1 Å². The Balaban J connectivity index is 2.83. The number of hydrogen-bond acceptors (Lipinski definition) is 5. The van der Waals surface area contributed by atoms with E-state index in [1.807, 2.05) is 0 Å². The molecule has 0 heterocycles. The van der Waals surface area contributed by atoms with Crippen LogP contribution >= 0.6 is 0 Å². The van der Waals surface area contributed by atoms with Crippen molar-refractivity contribution in [2.75, 3.05) is 20.2 Å². The molecular weight excluding hydrogens is 250 g/mol. The first kappa shape index (κ1) is 14.8. The number of phenolic OH excluding ortho intramolecular Hbond substituents is 2. The van der Waals surface area contributed by atoms with Gasteiger partial charge in [0.05, 0.1) is 19.1 Å². The molecule has 0 saturated carbocycles. The average Bonchev–Trinajstić information content (AvgIpc) is 2.41. The molecule has 0 unspecified atom stereocenters. The van der Waals surface area contributed by atoms with Crippen molar-refractivity contribution in [2.24, 2.45) is 0 Å². The molecule has 1 amide bonds. The molecule has 6 nitrogen and oxygen atoms in total. The first-order valence-electron chi connectivity index (χ1n) is 5.87. The number of ether oxygens (including phenoxy) is 1. The van der Waals surface area contributed by atoms with Crippen LogP contribution in [0.15, 0.2) is 18.2 Å². The molecule has 0 atom stereocenters. The Kier molecular flexibility index (Phi) is 5.17. The van der Waals surface area contributed by atoms with Crippen molar-refractivity contribution < 1.29 is 24.5 Å². The minimum absolute atomic E-state index is 0.00622. The van der Waals surface area contributed by atoms with Crippen LogP contribution in [0.2, 0.25) is 0 Å². The van der Waals surface area contributed by atoms with Crippen molar-refractivity contribution in [1.82, 2.24) is 4.90 Å². The highest BCUT2D eigenvalue weighted by atomic mass is 16.5. The summed E-state index contributed by atoms with van der Waals surface area (Å²) in [5, 5.41) is 19.0. The number of phenols is 2. The third-order valence-electron chi connectivity index (χ3n) is 2.69. The molecule has 1 aromatic rings. The number of carbonyl (C=O) groups excluding carboxylic acids is 2. The van der Waals surface area contributed by atoms with E-state index in [0.717, 1.165) is 0 Å². The van der Waals surface area contributed by atoms with Gasteiger partial charge in [0.25, 0.3) is 5.91 Å². The minimum Gasteiger partial charge on any atom is -0.508 e. The number of aromatic hydroxyl groups is 2. The SMILES string of the molecule is CCN(CCC(=O)OC)C(=O)c1cc(O)ccc1O. The lowest BCUT2D eigenvalue weighted by Crippen LogP contribution is -2.33. The fourth-order valence-corrected chi connectivity index (χ4v) is 1.60. The van der Waals surface area contributed by atoms with Crippen molar-refractivity contribution in [1.29, 1.82) is 0 Å². The summed E-state index contributed by atoms with van der Waals surface area (Å²) in [6.45, 7) is 2.33. The van der Waals surface area contributed by atoms with Crippen molar-refractivity contribution in [2.45, 2.75) is 13.3 Å². The van der Waals surface area contributed by atoms with Crippen molar-refractivity contribution in [3.05, 3.63) is 23.8 Å². The van der Waals surface area contributed by atoms with Gasteiger partial charge in [-0.15, -0.1) is 0 Å². The molecule has 0 radical (unpaired) electrons. The Bertz CT molecular complexity index is 472. The molecule has 0 aliphatic rings. The van der Waals surface area contributed by atoms with Crippen LogP contribution in [-0.4, -0.2) is 47.2 Å². The topological polar surface area (TPSA) is 87.1 Å². The van der Waals surface area contributed by atoms with Crippen LogP contribution in [0.1, 0.15) is 23.7 Å². The quantitative estimate of drug-likeness (QED) is 0.616. The number of esters is 1. The summed E-state index contributed by atoms with van der Waals surface area (Å²) in [5.74, 6) is -1.17. The molecule has 1 aromatic carbocycles. The third kappa shape index (κ3) is 3.87. The molecule has 0 saturated heterocycles. The molecule has 0 fully saturated rings. The minimum atomic E-state index is -0.445. The summed E-state index contributed by atoms with van der Waals surface area (Å²) in [6.07, 6.45) is 0.0790. The van der Waals surface area contributed by atoms with Crippen molar-refractivity contribution >= 4 is 11.9 Å². The largest absolute Gasteiger partial charge is 0.508 e. The first-order chi connectivity index (χ1) is 8.99. The fourth-order valence-electron chi connectivity index (χ4n) is 1.60. The van der Waals surface area contributed by atoms with E-state index in [2.05, 4.69) is 4.74 Å². The molecule has 0 aromatic heterocycles. The van der Waals surface area contributed by atoms with Gasteiger partial charge in [-0.2, -0.15) is 0 Å². The van der Waals surface area contributed by atoms with E-state index in [9.17, 15) is 19.8 Å². The normalized spacial score (nSPS) is 10.0. The maximum atomic E-state index is 12.2. The highest BCUT2D eigenvalue weighted by molar-refractivity contribution is 5.97. The predicted octanol–water partition coefficient (Wildman–Crippen LogP) is 1.12. The lowest BCUT2D eigenvalue weighted by Gasteiger charge is -2.20. The highest BCUT2D eigenvalue weighted by Crippen LogP contribution is 2.23. The second-order valence-electron chi connectivity index (χ2n) is 3.91. The summed E-state index contributed by atoms with van der Waals surface area (Å²) in [7, 11) is 1.28. The van der Waals surface area contributed by atoms with E-state index in [4.69, 9.17) is 0 Å². The van der Waals surface area contributed by atoms with Gasteiger partial charge in [-0.25, -0.2) is 0 Å². The van der Waals surface area contributed by atoms with Crippen molar-refractivity contribution in [3.63, 3.8) is 0 Å². The number of benzene rings is 1. The van der Waals surface area contributed by atoms with Gasteiger partial charge < -0.3 is 19.8 Å². The van der Waals surface area contributed by atoms with E-state index >= 15 is 0 Å². The molecule has 2 N–H and O–H groups in total. The Hall–Kier alpha value is -2.24. The van der Waals surface area contributed by atoms with Gasteiger partial charge in [0, 0.05) is 13.1 Å². The number of carbonyl (C=O) groups is 2. The molecule has 6 heteroatoms. The molecule has 104 valence electrons. The van der Waals surface area contributed by atoms with Crippen LogP contribution in [0.4, 0.5) is 0 Å².